The van der Waals surface area contributed by atoms with Crippen molar-refractivity contribution in [1.29, 1.82) is 0 Å². The second-order valence-corrected chi connectivity index (χ2v) is 8.15. The third kappa shape index (κ3) is 3.73. The Hall–Kier alpha value is -2.48. The average Bonchev–Trinajstić information content (AvgIpc) is 3.16. The quantitative estimate of drug-likeness (QED) is 0.529. The van der Waals surface area contributed by atoms with E-state index in [9.17, 15) is 9.59 Å². The first-order chi connectivity index (χ1) is 13.5. The van der Waals surface area contributed by atoms with Crippen LogP contribution in [0.15, 0.2) is 23.0 Å². The van der Waals surface area contributed by atoms with Crippen molar-refractivity contribution in [3.05, 3.63) is 39.9 Å². The van der Waals surface area contributed by atoms with Gasteiger partial charge >= 0.3 is 0 Å². The lowest BCUT2D eigenvalue weighted by molar-refractivity contribution is 0.0943. The van der Waals surface area contributed by atoms with Gasteiger partial charge in [0.25, 0.3) is 11.5 Å². The van der Waals surface area contributed by atoms with Crippen molar-refractivity contribution in [3.8, 4) is 0 Å². The summed E-state index contributed by atoms with van der Waals surface area (Å²) < 4.78 is 1.72. The molecule has 7 nitrogen and oxygen atoms in total. The first kappa shape index (κ1) is 18.9. The lowest BCUT2D eigenvalue weighted by Gasteiger charge is -2.30. The third-order valence-corrected chi connectivity index (χ3v) is 6.02. The second-order valence-electron chi connectivity index (χ2n) is 7.74. The molecule has 1 aliphatic heterocycles. The highest BCUT2D eigenvalue weighted by molar-refractivity contribution is 7.80. The van der Waals surface area contributed by atoms with E-state index in [1.807, 2.05) is 0 Å². The van der Waals surface area contributed by atoms with E-state index in [0.29, 0.717) is 40.1 Å². The van der Waals surface area contributed by atoms with E-state index < -0.39 is 0 Å². The summed E-state index contributed by atoms with van der Waals surface area (Å²) in [6.45, 7) is 2.94. The monoisotopic (exact) mass is 399 g/mol. The molecule has 1 aliphatic carbocycles. The molecule has 1 amide bonds. The number of amides is 1. The fourth-order valence-electron chi connectivity index (χ4n) is 4.15. The summed E-state index contributed by atoms with van der Waals surface area (Å²) in [4.78, 5) is 29.6. The van der Waals surface area contributed by atoms with Gasteiger partial charge in [-0.15, -0.1) is 0 Å². The number of rotatable bonds is 2. The summed E-state index contributed by atoms with van der Waals surface area (Å²) in [6, 6.07) is 5.31. The average molecular weight is 400 g/mol. The predicted octanol–water partition coefficient (Wildman–Crippen LogP) is 2.03. The van der Waals surface area contributed by atoms with Gasteiger partial charge in [0.15, 0.2) is 5.11 Å². The highest BCUT2D eigenvalue weighted by atomic mass is 32.1. The molecule has 4 rings (SSSR count). The van der Waals surface area contributed by atoms with Crippen molar-refractivity contribution in [2.24, 2.45) is 5.92 Å². The van der Waals surface area contributed by atoms with E-state index >= 15 is 0 Å². The Morgan fingerprint density at radius 2 is 2.04 bits per heavy atom. The Morgan fingerprint density at radius 1 is 1.21 bits per heavy atom. The minimum Gasteiger partial charge on any atom is -0.358 e. The predicted molar refractivity (Wildman–Crippen MR) is 112 cm³/mol. The van der Waals surface area contributed by atoms with E-state index in [4.69, 9.17) is 12.2 Å². The summed E-state index contributed by atoms with van der Waals surface area (Å²) in [7, 11) is 0. The number of thiocarbonyl (C=S) groups is 1. The molecule has 2 aromatic rings. The number of hydrazine groups is 1. The molecule has 2 heterocycles. The number of aromatic nitrogens is 2. The molecule has 1 aromatic carbocycles. The molecule has 148 valence electrons. The number of nitrogens with zero attached hydrogens (tertiary/aromatic N) is 2. The maximum atomic E-state index is 12.5. The summed E-state index contributed by atoms with van der Waals surface area (Å²) in [5, 5.41) is 4.25. The summed E-state index contributed by atoms with van der Waals surface area (Å²) in [6.07, 6.45) is 6.47. The lowest BCUT2D eigenvalue weighted by atomic mass is 9.86. The van der Waals surface area contributed by atoms with Crippen LogP contribution in [0.5, 0.6) is 0 Å². The molecule has 0 saturated heterocycles. The zero-order chi connectivity index (χ0) is 19.7. The summed E-state index contributed by atoms with van der Waals surface area (Å²) in [5.74, 6) is 1.04. The van der Waals surface area contributed by atoms with Crippen molar-refractivity contribution in [2.75, 3.05) is 0 Å². The highest BCUT2D eigenvalue weighted by Gasteiger charge is 2.22. The molecular weight excluding hydrogens is 374 g/mol. The molecule has 3 N–H and O–H groups in total. The van der Waals surface area contributed by atoms with Gasteiger partial charge in [-0.3, -0.25) is 25.0 Å². The smallest absolute Gasteiger partial charge is 0.269 e. The van der Waals surface area contributed by atoms with Gasteiger partial charge in [0.05, 0.1) is 10.9 Å². The Kier molecular flexibility index (Phi) is 5.30. The zero-order valence-electron chi connectivity index (χ0n) is 16.0. The highest BCUT2D eigenvalue weighted by Crippen LogP contribution is 2.23. The van der Waals surface area contributed by atoms with Crippen LogP contribution in [0.2, 0.25) is 0 Å². The number of nitrogens with one attached hydrogen (secondary N) is 3. The van der Waals surface area contributed by atoms with Gasteiger partial charge in [0.1, 0.15) is 5.82 Å². The number of hydrogen-bond donors (Lipinski definition) is 3. The summed E-state index contributed by atoms with van der Waals surface area (Å²) >= 11 is 5.31. The molecule has 28 heavy (non-hydrogen) atoms. The molecule has 1 fully saturated rings. The Bertz CT molecular complexity index is 986. The van der Waals surface area contributed by atoms with Crippen molar-refractivity contribution in [1.82, 2.24) is 25.7 Å². The number of hydrogen-bond acceptors (Lipinski definition) is 4. The minimum absolute atomic E-state index is 0.0328. The normalized spacial score (nSPS) is 21.2. The molecule has 2 atom stereocenters. The van der Waals surface area contributed by atoms with Crippen LogP contribution in [0.3, 0.4) is 0 Å². The van der Waals surface area contributed by atoms with Crippen molar-refractivity contribution in [3.63, 3.8) is 0 Å². The van der Waals surface area contributed by atoms with Crippen LogP contribution in [-0.4, -0.2) is 26.6 Å². The number of fused-ring (bicyclic) bond motifs is 2. The molecule has 1 aromatic heterocycles. The maximum absolute atomic E-state index is 12.5. The second kappa shape index (κ2) is 7.87. The van der Waals surface area contributed by atoms with E-state index in [1.54, 1.807) is 22.8 Å². The van der Waals surface area contributed by atoms with Gasteiger partial charge in [0, 0.05) is 24.6 Å². The van der Waals surface area contributed by atoms with Crippen LogP contribution in [0, 0.1) is 5.92 Å². The molecule has 0 radical (unpaired) electrons. The van der Waals surface area contributed by atoms with Crippen molar-refractivity contribution in [2.45, 2.75) is 58.0 Å². The number of benzene rings is 1. The fraction of sp³-hybridized carbons (Fsp3) is 0.500. The Labute approximate surface area is 168 Å². The van der Waals surface area contributed by atoms with Crippen LogP contribution in [0.25, 0.3) is 10.9 Å². The van der Waals surface area contributed by atoms with Crippen molar-refractivity contribution < 1.29 is 4.79 Å². The minimum atomic E-state index is -0.315. The first-order valence-corrected chi connectivity index (χ1v) is 10.3. The van der Waals surface area contributed by atoms with E-state index in [0.717, 1.165) is 25.1 Å². The van der Waals surface area contributed by atoms with Gasteiger partial charge in [-0.2, -0.15) is 0 Å². The third-order valence-electron chi connectivity index (χ3n) is 5.80. The molecule has 8 heteroatoms. The molecule has 2 aliphatic rings. The maximum Gasteiger partial charge on any atom is 0.269 e. The van der Waals surface area contributed by atoms with Gasteiger partial charge in [-0.05, 0) is 55.6 Å². The Morgan fingerprint density at radius 3 is 2.86 bits per heavy atom. The van der Waals surface area contributed by atoms with E-state index in [2.05, 4.69) is 28.1 Å². The number of carbonyl (C=O) groups is 1. The van der Waals surface area contributed by atoms with Crippen LogP contribution in [-0.2, 0) is 13.0 Å². The van der Waals surface area contributed by atoms with Crippen molar-refractivity contribution >= 4 is 34.1 Å². The Balaban J connectivity index is 1.42. The van der Waals surface area contributed by atoms with Crippen LogP contribution in [0.1, 0.15) is 55.2 Å². The van der Waals surface area contributed by atoms with Gasteiger partial charge in [-0.25, -0.2) is 4.98 Å². The zero-order valence-corrected chi connectivity index (χ0v) is 16.8. The SMILES string of the molecule is C[C@H]1CCCC[C@H]1NC(=S)NNC(=O)c1ccc2c(=O)n3c(nc2c1)CCC3. The largest absolute Gasteiger partial charge is 0.358 e. The standard InChI is InChI=1S/C20H25N5O2S/c1-12-5-2-3-6-15(12)22-20(28)24-23-18(26)13-8-9-14-16(11-13)21-17-7-4-10-25(17)19(14)27/h8-9,11-12,15H,2-7,10H2,1H3,(H,23,26)(H2,22,24,28)/t12-,15+/m0/s1. The molecule has 0 bridgehead atoms. The van der Waals surface area contributed by atoms with E-state index in [-0.39, 0.29) is 11.5 Å². The lowest BCUT2D eigenvalue weighted by Crippen LogP contribution is -2.51. The number of aryl methyl sites for hydroxylation is 1. The summed E-state index contributed by atoms with van der Waals surface area (Å²) in [5.41, 5.74) is 6.37. The molecule has 0 unspecified atom stereocenters. The molecular formula is C20H25N5O2S. The van der Waals surface area contributed by atoms with Crippen LogP contribution >= 0.6 is 12.2 Å². The molecule has 0 spiro atoms. The van der Waals surface area contributed by atoms with Crippen LogP contribution in [0.4, 0.5) is 0 Å². The van der Waals surface area contributed by atoms with E-state index in [1.165, 1.54) is 19.3 Å². The van der Waals surface area contributed by atoms with Gasteiger partial charge in [-0.1, -0.05) is 19.8 Å². The van der Waals surface area contributed by atoms with Gasteiger partial charge < -0.3 is 5.32 Å². The fourth-order valence-corrected chi connectivity index (χ4v) is 4.35. The number of carbonyl (C=O) groups excluding carboxylic acids is 1. The van der Waals surface area contributed by atoms with Gasteiger partial charge in [0.2, 0.25) is 0 Å². The topological polar surface area (TPSA) is 88.0 Å². The first-order valence-electron chi connectivity index (χ1n) is 9.93. The molecule has 1 saturated carbocycles. The van der Waals surface area contributed by atoms with Crippen LogP contribution < -0.4 is 21.7 Å².